The zero-order valence-electron chi connectivity index (χ0n) is 16.6. The number of ether oxygens (including phenoxy) is 1. The summed E-state index contributed by atoms with van der Waals surface area (Å²) in [6.45, 7) is 5.58. The number of likely N-dealkylation sites (tertiary alicyclic amines) is 1. The van der Waals surface area contributed by atoms with Gasteiger partial charge in [0.1, 0.15) is 12.4 Å². The first-order chi connectivity index (χ1) is 13.3. The highest BCUT2D eigenvalue weighted by Gasteiger charge is 2.11. The van der Waals surface area contributed by atoms with Gasteiger partial charge in [0.2, 0.25) is 0 Å². The molecule has 0 atom stereocenters. The molecular formula is C22H31IN4O. The molecule has 0 aromatic heterocycles. The van der Waals surface area contributed by atoms with Crippen LogP contribution in [0.2, 0.25) is 0 Å². The third kappa shape index (κ3) is 7.67. The van der Waals surface area contributed by atoms with E-state index in [2.05, 4.69) is 44.8 Å². The van der Waals surface area contributed by atoms with E-state index in [0.717, 1.165) is 24.8 Å². The van der Waals surface area contributed by atoms with Crippen molar-refractivity contribution in [3.8, 4) is 5.75 Å². The van der Waals surface area contributed by atoms with E-state index in [4.69, 9.17) is 4.74 Å². The van der Waals surface area contributed by atoms with E-state index < -0.39 is 0 Å². The van der Waals surface area contributed by atoms with Crippen molar-refractivity contribution in [3.63, 3.8) is 0 Å². The molecule has 2 aromatic carbocycles. The van der Waals surface area contributed by atoms with Crippen LogP contribution in [-0.2, 0) is 13.1 Å². The molecule has 1 fully saturated rings. The Kier molecular flexibility index (Phi) is 10.1. The van der Waals surface area contributed by atoms with Crippen molar-refractivity contribution in [2.75, 3.05) is 33.3 Å². The molecule has 0 aliphatic carbocycles. The lowest BCUT2D eigenvalue weighted by molar-refractivity contribution is 0.322. The molecule has 3 rings (SSSR count). The number of halogens is 1. The van der Waals surface area contributed by atoms with Gasteiger partial charge >= 0.3 is 0 Å². The monoisotopic (exact) mass is 494 g/mol. The number of guanidine groups is 1. The van der Waals surface area contributed by atoms with Crippen LogP contribution in [0.15, 0.2) is 59.6 Å². The summed E-state index contributed by atoms with van der Waals surface area (Å²) in [7, 11) is 1.78. The predicted molar refractivity (Wildman–Crippen MR) is 127 cm³/mol. The van der Waals surface area contributed by atoms with Crippen LogP contribution in [0.4, 0.5) is 0 Å². The lowest BCUT2D eigenvalue weighted by atomic mass is 10.1. The second kappa shape index (κ2) is 12.6. The fraction of sp³-hybridized carbons (Fsp3) is 0.409. The normalized spacial score (nSPS) is 14.4. The SMILES string of the molecule is CN=C(NCCOc1ccccc1)NCc1ccc(CN2CCCC2)cc1.I. The number of nitrogens with zero attached hydrogens (tertiary/aromatic N) is 2. The minimum Gasteiger partial charge on any atom is -0.492 e. The van der Waals surface area contributed by atoms with E-state index in [1.807, 2.05) is 30.3 Å². The van der Waals surface area contributed by atoms with Crippen molar-refractivity contribution in [3.05, 3.63) is 65.7 Å². The van der Waals surface area contributed by atoms with Crippen LogP contribution in [0.1, 0.15) is 24.0 Å². The maximum Gasteiger partial charge on any atom is 0.191 e. The summed E-state index contributed by atoms with van der Waals surface area (Å²) < 4.78 is 5.68. The summed E-state index contributed by atoms with van der Waals surface area (Å²) in [6, 6.07) is 18.7. The Morgan fingerprint density at radius 1 is 0.964 bits per heavy atom. The van der Waals surface area contributed by atoms with Crippen LogP contribution in [0, 0.1) is 0 Å². The second-order valence-corrected chi connectivity index (χ2v) is 6.81. The van der Waals surface area contributed by atoms with Gasteiger partial charge in [-0.15, -0.1) is 24.0 Å². The first kappa shape index (κ1) is 22.5. The molecule has 5 nitrogen and oxygen atoms in total. The number of para-hydroxylation sites is 1. The number of benzene rings is 2. The van der Waals surface area contributed by atoms with E-state index in [0.29, 0.717) is 13.2 Å². The van der Waals surface area contributed by atoms with Crippen LogP contribution in [0.25, 0.3) is 0 Å². The Morgan fingerprint density at radius 2 is 1.64 bits per heavy atom. The Bertz CT molecular complexity index is 700. The highest BCUT2D eigenvalue weighted by atomic mass is 127. The minimum atomic E-state index is 0. The van der Waals surface area contributed by atoms with Gasteiger partial charge in [0, 0.05) is 20.1 Å². The smallest absolute Gasteiger partial charge is 0.191 e. The van der Waals surface area contributed by atoms with Crippen molar-refractivity contribution in [1.29, 1.82) is 0 Å². The van der Waals surface area contributed by atoms with Crippen LogP contribution in [-0.4, -0.2) is 44.1 Å². The summed E-state index contributed by atoms with van der Waals surface area (Å²) in [4.78, 5) is 6.79. The molecule has 0 unspecified atom stereocenters. The molecule has 2 aromatic rings. The molecule has 1 heterocycles. The van der Waals surface area contributed by atoms with E-state index >= 15 is 0 Å². The highest BCUT2D eigenvalue weighted by Crippen LogP contribution is 2.13. The topological polar surface area (TPSA) is 48.9 Å². The van der Waals surface area contributed by atoms with Crippen LogP contribution in [0.3, 0.4) is 0 Å². The average molecular weight is 494 g/mol. The van der Waals surface area contributed by atoms with Gasteiger partial charge in [-0.25, -0.2) is 0 Å². The van der Waals surface area contributed by atoms with Gasteiger partial charge < -0.3 is 15.4 Å². The van der Waals surface area contributed by atoms with Gasteiger partial charge in [0.15, 0.2) is 5.96 Å². The molecule has 0 amide bonds. The highest BCUT2D eigenvalue weighted by molar-refractivity contribution is 14.0. The summed E-state index contributed by atoms with van der Waals surface area (Å²) >= 11 is 0. The Balaban J connectivity index is 0.00000280. The Labute approximate surface area is 185 Å². The summed E-state index contributed by atoms with van der Waals surface area (Å²) in [5, 5.41) is 6.63. The minimum absolute atomic E-state index is 0. The fourth-order valence-electron chi connectivity index (χ4n) is 3.22. The third-order valence-corrected chi connectivity index (χ3v) is 4.72. The number of hydrogen-bond acceptors (Lipinski definition) is 3. The van der Waals surface area contributed by atoms with Crippen LogP contribution < -0.4 is 15.4 Å². The van der Waals surface area contributed by atoms with E-state index in [1.165, 1.54) is 37.1 Å². The summed E-state index contributed by atoms with van der Waals surface area (Å²) in [5.74, 6) is 1.67. The van der Waals surface area contributed by atoms with E-state index in [1.54, 1.807) is 7.05 Å². The molecule has 1 saturated heterocycles. The molecule has 152 valence electrons. The molecule has 0 radical (unpaired) electrons. The lowest BCUT2D eigenvalue weighted by Crippen LogP contribution is -2.38. The van der Waals surface area contributed by atoms with Gasteiger partial charge in [-0.2, -0.15) is 0 Å². The van der Waals surface area contributed by atoms with Crippen molar-refractivity contribution in [1.82, 2.24) is 15.5 Å². The van der Waals surface area contributed by atoms with Gasteiger partial charge in [-0.3, -0.25) is 9.89 Å². The zero-order chi connectivity index (χ0) is 18.7. The number of nitrogens with one attached hydrogen (secondary N) is 2. The third-order valence-electron chi connectivity index (χ3n) is 4.72. The second-order valence-electron chi connectivity index (χ2n) is 6.81. The summed E-state index contributed by atoms with van der Waals surface area (Å²) in [5.41, 5.74) is 2.64. The van der Waals surface area contributed by atoms with Crippen LogP contribution >= 0.6 is 24.0 Å². The molecule has 2 N–H and O–H groups in total. The van der Waals surface area contributed by atoms with E-state index in [-0.39, 0.29) is 24.0 Å². The van der Waals surface area contributed by atoms with Gasteiger partial charge in [-0.05, 0) is 49.2 Å². The molecule has 6 heteroatoms. The van der Waals surface area contributed by atoms with Gasteiger partial charge in [-0.1, -0.05) is 42.5 Å². The lowest BCUT2D eigenvalue weighted by Gasteiger charge is -2.15. The molecule has 1 aliphatic heterocycles. The maximum absolute atomic E-state index is 5.68. The van der Waals surface area contributed by atoms with E-state index in [9.17, 15) is 0 Å². The maximum atomic E-state index is 5.68. The largest absolute Gasteiger partial charge is 0.492 e. The first-order valence-electron chi connectivity index (χ1n) is 9.76. The summed E-state index contributed by atoms with van der Waals surface area (Å²) in [6.07, 6.45) is 2.68. The van der Waals surface area contributed by atoms with Crippen molar-refractivity contribution < 1.29 is 4.74 Å². The number of rotatable bonds is 8. The molecule has 0 spiro atoms. The number of hydrogen-bond donors (Lipinski definition) is 2. The van der Waals surface area contributed by atoms with Crippen LogP contribution in [0.5, 0.6) is 5.75 Å². The standard InChI is InChI=1S/C22H30N4O.HI/c1-23-22(24-13-16-27-21-7-3-2-4-8-21)25-17-19-9-11-20(12-10-19)18-26-14-5-6-15-26;/h2-4,7-12H,5-6,13-18H2,1H3,(H2,23,24,25);1H. The van der Waals surface area contributed by atoms with Crippen molar-refractivity contribution in [2.45, 2.75) is 25.9 Å². The number of aliphatic imine (C=N–C) groups is 1. The predicted octanol–water partition coefficient (Wildman–Crippen LogP) is 3.64. The molecule has 1 aliphatic rings. The van der Waals surface area contributed by atoms with Crippen molar-refractivity contribution in [2.24, 2.45) is 4.99 Å². The van der Waals surface area contributed by atoms with Crippen molar-refractivity contribution >= 4 is 29.9 Å². The fourth-order valence-corrected chi connectivity index (χ4v) is 3.22. The molecule has 0 saturated carbocycles. The molecule has 0 bridgehead atoms. The quantitative estimate of drug-likeness (QED) is 0.255. The zero-order valence-corrected chi connectivity index (χ0v) is 18.9. The molecular weight excluding hydrogens is 463 g/mol. The Hall–Kier alpha value is -1.80. The Morgan fingerprint density at radius 3 is 2.32 bits per heavy atom. The first-order valence-corrected chi connectivity index (χ1v) is 9.76. The van der Waals surface area contributed by atoms with Gasteiger partial charge in [0.05, 0.1) is 6.54 Å². The average Bonchev–Trinajstić information content (AvgIpc) is 3.22. The molecule has 28 heavy (non-hydrogen) atoms. The van der Waals surface area contributed by atoms with Gasteiger partial charge in [0.25, 0.3) is 0 Å².